The number of benzene rings is 1. The SMILES string of the molecule is CCN(CC)S(=O)(=O)c1cccc(C(=O)N2CC[C@@H](N)C2)c1. The molecule has 0 saturated carbocycles. The van der Waals surface area contributed by atoms with Gasteiger partial charge in [-0.1, -0.05) is 19.9 Å². The van der Waals surface area contributed by atoms with Crippen molar-refractivity contribution in [3.8, 4) is 0 Å². The highest BCUT2D eigenvalue weighted by atomic mass is 32.2. The van der Waals surface area contributed by atoms with Gasteiger partial charge >= 0.3 is 0 Å². The Morgan fingerprint density at radius 3 is 2.59 bits per heavy atom. The van der Waals surface area contributed by atoms with Gasteiger partial charge in [-0.25, -0.2) is 8.42 Å². The Bertz CT molecular complexity index is 641. The molecule has 2 N–H and O–H groups in total. The molecule has 22 heavy (non-hydrogen) atoms. The molecule has 0 bridgehead atoms. The average molecular weight is 325 g/mol. The topological polar surface area (TPSA) is 83.7 Å². The van der Waals surface area contributed by atoms with Crippen molar-refractivity contribution in [1.29, 1.82) is 0 Å². The lowest BCUT2D eigenvalue weighted by molar-refractivity contribution is 0.0790. The molecule has 1 saturated heterocycles. The number of nitrogens with two attached hydrogens (primary N) is 1. The van der Waals surface area contributed by atoms with Crippen LogP contribution in [0.3, 0.4) is 0 Å². The lowest BCUT2D eigenvalue weighted by Gasteiger charge is -2.20. The molecular formula is C15H23N3O3S. The van der Waals surface area contributed by atoms with Gasteiger partial charge in [0.1, 0.15) is 0 Å². The van der Waals surface area contributed by atoms with E-state index in [0.717, 1.165) is 6.42 Å². The van der Waals surface area contributed by atoms with Crippen molar-refractivity contribution in [3.05, 3.63) is 29.8 Å². The molecule has 1 amide bonds. The molecule has 122 valence electrons. The minimum atomic E-state index is -3.55. The molecule has 0 spiro atoms. The lowest BCUT2D eigenvalue weighted by Crippen LogP contribution is -2.33. The highest BCUT2D eigenvalue weighted by Crippen LogP contribution is 2.19. The lowest BCUT2D eigenvalue weighted by atomic mass is 10.2. The van der Waals surface area contributed by atoms with Crippen molar-refractivity contribution < 1.29 is 13.2 Å². The first-order valence-electron chi connectivity index (χ1n) is 7.55. The minimum Gasteiger partial charge on any atom is -0.337 e. The number of rotatable bonds is 5. The average Bonchev–Trinajstić information content (AvgIpc) is 2.94. The Hall–Kier alpha value is -1.44. The van der Waals surface area contributed by atoms with E-state index in [1.54, 1.807) is 30.9 Å². The first kappa shape index (κ1) is 16.9. The van der Waals surface area contributed by atoms with E-state index in [-0.39, 0.29) is 16.8 Å². The second-order valence-corrected chi connectivity index (χ2v) is 7.36. The predicted molar refractivity (Wildman–Crippen MR) is 85.0 cm³/mol. The molecule has 6 nitrogen and oxygen atoms in total. The number of sulfonamides is 1. The molecule has 0 aliphatic carbocycles. The van der Waals surface area contributed by atoms with Crippen molar-refractivity contribution in [1.82, 2.24) is 9.21 Å². The fourth-order valence-electron chi connectivity index (χ4n) is 2.66. The molecule has 0 unspecified atom stereocenters. The monoisotopic (exact) mass is 325 g/mol. The summed E-state index contributed by atoms with van der Waals surface area (Å²) >= 11 is 0. The zero-order valence-corrected chi connectivity index (χ0v) is 13.8. The Balaban J connectivity index is 2.29. The van der Waals surface area contributed by atoms with Gasteiger partial charge in [-0.2, -0.15) is 4.31 Å². The second kappa shape index (κ2) is 6.76. The molecule has 1 aliphatic rings. The van der Waals surface area contributed by atoms with E-state index in [1.165, 1.54) is 16.4 Å². The van der Waals surface area contributed by atoms with E-state index in [1.807, 2.05) is 0 Å². The summed E-state index contributed by atoms with van der Waals surface area (Å²) in [5.41, 5.74) is 6.21. The Kier molecular flexibility index (Phi) is 5.20. The van der Waals surface area contributed by atoms with Gasteiger partial charge in [-0.15, -0.1) is 0 Å². The summed E-state index contributed by atoms with van der Waals surface area (Å²) in [6.07, 6.45) is 0.781. The van der Waals surface area contributed by atoms with Crippen molar-refractivity contribution in [2.75, 3.05) is 26.2 Å². The van der Waals surface area contributed by atoms with Gasteiger partial charge in [-0.3, -0.25) is 4.79 Å². The van der Waals surface area contributed by atoms with Crippen LogP contribution in [0.4, 0.5) is 0 Å². The summed E-state index contributed by atoms with van der Waals surface area (Å²) in [5.74, 6) is -0.162. The fourth-order valence-corrected chi connectivity index (χ4v) is 4.16. The van der Waals surface area contributed by atoms with Gasteiger partial charge in [-0.05, 0) is 24.6 Å². The third-order valence-electron chi connectivity index (χ3n) is 3.94. The van der Waals surface area contributed by atoms with Crippen molar-refractivity contribution in [2.24, 2.45) is 5.73 Å². The normalized spacial score (nSPS) is 18.9. The molecule has 1 heterocycles. The van der Waals surface area contributed by atoms with Gasteiger partial charge in [0.2, 0.25) is 10.0 Å². The van der Waals surface area contributed by atoms with Crippen LogP contribution in [-0.2, 0) is 10.0 Å². The molecule has 1 aromatic rings. The van der Waals surface area contributed by atoms with E-state index in [0.29, 0.717) is 31.7 Å². The maximum atomic E-state index is 12.5. The van der Waals surface area contributed by atoms with E-state index < -0.39 is 10.0 Å². The molecule has 1 aliphatic heterocycles. The number of hydrogen-bond acceptors (Lipinski definition) is 4. The number of likely N-dealkylation sites (tertiary alicyclic amines) is 1. The van der Waals surface area contributed by atoms with Crippen LogP contribution < -0.4 is 5.73 Å². The Morgan fingerprint density at radius 1 is 1.36 bits per heavy atom. The van der Waals surface area contributed by atoms with Crippen LogP contribution in [-0.4, -0.2) is 55.8 Å². The van der Waals surface area contributed by atoms with Crippen LogP contribution in [0.2, 0.25) is 0 Å². The van der Waals surface area contributed by atoms with E-state index in [2.05, 4.69) is 0 Å². The zero-order valence-electron chi connectivity index (χ0n) is 13.0. The zero-order chi connectivity index (χ0) is 16.3. The van der Waals surface area contributed by atoms with Crippen LogP contribution in [0.1, 0.15) is 30.6 Å². The van der Waals surface area contributed by atoms with Crippen LogP contribution >= 0.6 is 0 Å². The van der Waals surface area contributed by atoms with Crippen molar-refractivity contribution in [3.63, 3.8) is 0 Å². The van der Waals surface area contributed by atoms with E-state index in [4.69, 9.17) is 5.73 Å². The number of hydrogen-bond donors (Lipinski definition) is 1. The predicted octanol–water partition coefficient (Wildman–Crippen LogP) is 0.890. The van der Waals surface area contributed by atoms with E-state index in [9.17, 15) is 13.2 Å². The largest absolute Gasteiger partial charge is 0.337 e. The van der Waals surface area contributed by atoms with Crippen molar-refractivity contribution in [2.45, 2.75) is 31.2 Å². The van der Waals surface area contributed by atoms with Gasteiger partial charge in [0.05, 0.1) is 4.90 Å². The molecule has 2 rings (SSSR count). The third kappa shape index (κ3) is 3.31. The van der Waals surface area contributed by atoms with Crippen LogP contribution in [0, 0.1) is 0 Å². The molecule has 0 aromatic heterocycles. The van der Waals surface area contributed by atoms with Gasteiger partial charge in [0.15, 0.2) is 0 Å². The van der Waals surface area contributed by atoms with Crippen LogP contribution in [0.5, 0.6) is 0 Å². The van der Waals surface area contributed by atoms with Crippen molar-refractivity contribution >= 4 is 15.9 Å². The number of nitrogens with zero attached hydrogens (tertiary/aromatic N) is 2. The maximum absolute atomic E-state index is 12.5. The quantitative estimate of drug-likeness (QED) is 0.871. The first-order valence-corrected chi connectivity index (χ1v) is 8.99. The van der Waals surface area contributed by atoms with Crippen LogP contribution in [0.15, 0.2) is 29.2 Å². The molecular weight excluding hydrogens is 302 g/mol. The first-order chi connectivity index (χ1) is 10.4. The Labute approximate surface area is 131 Å². The van der Waals surface area contributed by atoms with Gasteiger partial charge < -0.3 is 10.6 Å². The Morgan fingerprint density at radius 2 is 2.05 bits per heavy atom. The molecule has 1 aromatic carbocycles. The third-order valence-corrected chi connectivity index (χ3v) is 5.98. The number of amides is 1. The maximum Gasteiger partial charge on any atom is 0.253 e. The molecule has 1 fully saturated rings. The number of carbonyl (C=O) groups is 1. The molecule has 7 heteroatoms. The van der Waals surface area contributed by atoms with Gasteiger partial charge in [0, 0.05) is 37.8 Å². The summed E-state index contributed by atoms with van der Waals surface area (Å²) in [7, 11) is -3.55. The fraction of sp³-hybridized carbons (Fsp3) is 0.533. The summed E-state index contributed by atoms with van der Waals surface area (Å²) in [6.45, 7) is 5.53. The summed E-state index contributed by atoms with van der Waals surface area (Å²) in [6, 6.07) is 6.25. The highest BCUT2D eigenvalue weighted by molar-refractivity contribution is 7.89. The molecule has 1 atom stereocenters. The highest BCUT2D eigenvalue weighted by Gasteiger charge is 2.26. The minimum absolute atomic E-state index is 0.00606. The number of carbonyl (C=O) groups excluding carboxylic acids is 1. The summed E-state index contributed by atoms with van der Waals surface area (Å²) in [5, 5.41) is 0. The standard InChI is InChI=1S/C15H23N3O3S/c1-3-18(4-2)22(20,21)14-7-5-6-12(10-14)15(19)17-9-8-13(16)11-17/h5-7,10,13H,3-4,8-9,11,16H2,1-2H3/t13-/m1/s1. The second-order valence-electron chi connectivity index (χ2n) is 5.42. The van der Waals surface area contributed by atoms with E-state index >= 15 is 0 Å². The van der Waals surface area contributed by atoms with Crippen LogP contribution in [0.25, 0.3) is 0 Å². The summed E-state index contributed by atoms with van der Waals surface area (Å²) in [4.78, 5) is 14.3. The molecule has 0 radical (unpaired) electrons. The van der Waals surface area contributed by atoms with Gasteiger partial charge in [0.25, 0.3) is 5.91 Å². The summed E-state index contributed by atoms with van der Waals surface area (Å²) < 4.78 is 26.4. The smallest absolute Gasteiger partial charge is 0.253 e.